The summed E-state index contributed by atoms with van der Waals surface area (Å²) in [5.74, 6) is 0. The van der Waals surface area contributed by atoms with Crippen molar-refractivity contribution in [3.05, 3.63) is 0 Å². The first-order valence-corrected chi connectivity index (χ1v) is 6.59. The van der Waals surface area contributed by atoms with Crippen molar-refractivity contribution in [3.8, 4) is 0 Å². The molecule has 0 heterocycles. The maximum atomic E-state index is 11.4. The van der Waals surface area contributed by atoms with Crippen LogP contribution >= 0.6 is 0 Å². The first kappa shape index (κ1) is 16.2. The van der Waals surface area contributed by atoms with Crippen LogP contribution in [0.25, 0.3) is 0 Å². The molecule has 0 aliphatic heterocycles. The molecule has 0 radical (unpaired) electrons. The van der Waals surface area contributed by atoms with Gasteiger partial charge in [0.25, 0.3) is 0 Å². The van der Waals surface area contributed by atoms with Crippen molar-refractivity contribution in [2.45, 2.75) is 52.9 Å². The zero-order valence-electron chi connectivity index (χ0n) is 11.4. The minimum atomic E-state index is -0.378. The lowest BCUT2D eigenvalue weighted by Gasteiger charge is -2.26. The van der Waals surface area contributed by atoms with E-state index in [-0.39, 0.29) is 24.7 Å². The predicted octanol–water partition coefficient (Wildman–Crippen LogP) is 2.70. The predicted molar refractivity (Wildman–Crippen MR) is 69.0 cm³/mol. The van der Waals surface area contributed by atoms with Crippen LogP contribution in [-0.4, -0.2) is 31.0 Å². The van der Waals surface area contributed by atoms with Crippen LogP contribution < -0.4 is 5.32 Å². The Balaban J connectivity index is 3.73. The molecule has 0 aliphatic carbocycles. The van der Waals surface area contributed by atoms with Crippen molar-refractivity contribution < 1.29 is 14.6 Å². The minimum Gasteiger partial charge on any atom is -0.449 e. The molecular weight excluding hydrogens is 218 g/mol. The zero-order chi connectivity index (χ0) is 13.1. The highest BCUT2D eigenvalue weighted by Crippen LogP contribution is 2.22. The number of alkyl carbamates (subject to hydrolysis) is 1. The molecule has 0 saturated carbocycles. The second-order valence-corrected chi connectivity index (χ2v) is 4.93. The van der Waals surface area contributed by atoms with Crippen LogP contribution in [0.15, 0.2) is 0 Å². The van der Waals surface area contributed by atoms with Gasteiger partial charge in [0.15, 0.2) is 0 Å². The Morgan fingerprint density at radius 2 is 2.00 bits per heavy atom. The van der Waals surface area contributed by atoms with Gasteiger partial charge in [-0.15, -0.1) is 0 Å². The van der Waals surface area contributed by atoms with Crippen LogP contribution in [0.2, 0.25) is 0 Å². The summed E-state index contributed by atoms with van der Waals surface area (Å²) in [4.78, 5) is 11.4. The Morgan fingerprint density at radius 3 is 2.53 bits per heavy atom. The molecule has 4 nitrogen and oxygen atoms in total. The monoisotopic (exact) mass is 245 g/mol. The van der Waals surface area contributed by atoms with E-state index in [1.54, 1.807) is 0 Å². The largest absolute Gasteiger partial charge is 0.449 e. The Kier molecular flexibility index (Phi) is 8.86. The third-order valence-electron chi connectivity index (χ3n) is 2.84. The van der Waals surface area contributed by atoms with Gasteiger partial charge < -0.3 is 15.2 Å². The molecule has 0 bridgehead atoms. The van der Waals surface area contributed by atoms with Gasteiger partial charge in [-0.3, -0.25) is 0 Å². The molecule has 0 fully saturated rings. The van der Waals surface area contributed by atoms with E-state index in [4.69, 9.17) is 4.74 Å². The molecular formula is C13H27NO3. The summed E-state index contributed by atoms with van der Waals surface area (Å²) < 4.78 is 5.12. The number of carbonyl (C=O) groups excluding carboxylic acids is 1. The van der Waals surface area contributed by atoms with E-state index in [1.807, 2.05) is 6.92 Å². The third-order valence-corrected chi connectivity index (χ3v) is 2.84. The van der Waals surface area contributed by atoms with Crippen LogP contribution in [0, 0.1) is 5.41 Å². The van der Waals surface area contributed by atoms with E-state index >= 15 is 0 Å². The summed E-state index contributed by atoms with van der Waals surface area (Å²) in [6.45, 7) is 7.09. The highest BCUT2D eigenvalue weighted by molar-refractivity contribution is 5.67. The molecule has 0 rings (SSSR count). The molecule has 0 spiro atoms. The SMILES string of the molecule is CCCCCNC(=O)OC[C@](C)(CO)CCC. The minimum absolute atomic E-state index is 0.0456. The average molecular weight is 245 g/mol. The van der Waals surface area contributed by atoms with Crippen molar-refractivity contribution >= 4 is 6.09 Å². The second kappa shape index (κ2) is 9.28. The number of ether oxygens (including phenoxy) is 1. The molecule has 0 aliphatic rings. The number of aliphatic hydroxyl groups excluding tert-OH is 1. The fraction of sp³-hybridized carbons (Fsp3) is 0.923. The van der Waals surface area contributed by atoms with Gasteiger partial charge >= 0.3 is 6.09 Å². The van der Waals surface area contributed by atoms with Crippen LogP contribution in [0.5, 0.6) is 0 Å². The molecule has 2 N–H and O–H groups in total. The lowest BCUT2D eigenvalue weighted by Crippen LogP contribution is -2.33. The molecule has 102 valence electrons. The van der Waals surface area contributed by atoms with Crippen molar-refractivity contribution in [3.63, 3.8) is 0 Å². The van der Waals surface area contributed by atoms with Gasteiger partial charge in [-0.05, 0) is 12.8 Å². The lowest BCUT2D eigenvalue weighted by atomic mass is 9.88. The maximum Gasteiger partial charge on any atom is 0.407 e. The number of aliphatic hydroxyl groups is 1. The number of amides is 1. The summed E-state index contributed by atoms with van der Waals surface area (Å²) in [6.07, 6.45) is 4.68. The number of unbranched alkanes of at least 4 members (excludes halogenated alkanes) is 2. The van der Waals surface area contributed by atoms with E-state index in [2.05, 4.69) is 19.2 Å². The number of hydrogen-bond donors (Lipinski definition) is 2. The van der Waals surface area contributed by atoms with Crippen molar-refractivity contribution in [2.24, 2.45) is 5.41 Å². The zero-order valence-corrected chi connectivity index (χ0v) is 11.4. The molecule has 1 amide bonds. The standard InChI is InChI=1S/C13H27NO3/c1-4-6-7-9-14-12(16)17-11-13(3,10-15)8-5-2/h15H,4-11H2,1-3H3,(H,14,16)/t13-/m0/s1. The average Bonchev–Trinajstić information content (AvgIpc) is 2.32. The first-order valence-electron chi connectivity index (χ1n) is 6.59. The van der Waals surface area contributed by atoms with Gasteiger partial charge in [0.1, 0.15) is 6.61 Å². The molecule has 0 aromatic rings. The number of hydrogen-bond acceptors (Lipinski definition) is 3. The quantitative estimate of drug-likeness (QED) is 0.614. The smallest absolute Gasteiger partial charge is 0.407 e. The van der Waals surface area contributed by atoms with E-state index in [0.717, 1.165) is 32.1 Å². The summed E-state index contributed by atoms with van der Waals surface area (Å²) in [5.41, 5.74) is -0.310. The fourth-order valence-electron chi connectivity index (χ4n) is 1.66. The second-order valence-electron chi connectivity index (χ2n) is 4.93. The molecule has 4 heteroatoms. The van der Waals surface area contributed by atoms with Gasteiger partial charge in [0.05, 0.1) is 6.61 Å². The van der Waals surface area contributed by atoms with Gasteiger partial charge in [0, 0.05) is 12.0 Å². The molecule has 0 aromatic carbocycles. The number of carbonyl (C=O) groups is 1. The van der Waals surface area contributed by atoms with E-state index in [9.17, 15) is 9.90 Å². The lowest BCUT2D eigenvalue weighted by molar-refractivity contribution is 0.0434. The highest BCUT2D eigenvalue weighted by atomic mass is 16.5. The Morgan fingerprint density at radius 1 is 1.29 bits per heavy atom. The molecule has 17 heavy (non-hydrogen) atoms. The third kappa shape index (κ3) is 8.02. The number of nitrogens with one attached hydrogen (secondary N) is 1. The maximum absolute atomic E-state index is 11.4. The first-order chi connectivity index (χ1) is 8.08. The van der Waals surface area contributed by atoms with E-state index < -0.39 is 0 Å². The summed E-state index contributed by atoms with van der Waals surface area (Å²) >= 11 is 0. The van der Waals surface area contributed by atoms with Crippen LogP contribution in [0.1, 0.15) is 52.9 Å². The van der Waals surface area contributed by atoms with Crippen molar-refractivity contribution in [2.75, 3.05) is 19.8 Å². The van der Waals surface area contributed by atoms with E-state index in [1.165, 1.54) is 0 Å². The van der Waals surface area contributed by atoms with Gasteiger partial charge in [-0.25, -0.2) is 4.79 Å². The van der Waals surface area contributed by atoms with Gasteiger partial charge in [0.2, 0.25) is 0 Å². The normalized spacial score (nSPS) is 14.1. The van der Waals surface area contributed by atoms with Crippen molar-refractivity contribution in [1.82, 2.24) is 5.32 Å². The molecule has 1 atom stereocenters. The van der Waals surface area contributed by atoms with Gasteiger partial charge in [-0.1, -0.05) is 40.0 Å². The fourth-order valence-corrected chi connectivity index (χ4v) is 1.66. The Bertz CT molecular complexity index is 209. The van der Waals surface area contributed by atoms with Crippen LogP contribution in [0.3, 0.4) is 0 Å². The van der Waals surface area contributed by atoms with Crippen LogP contribution in [-0.2, 0) is 4.74 Å². The molecule has 0 saturated heterocycles. The number of rotatable bonds is 9. The Labute approximate surface area is 105 Å². The molecule has 0 aromatic heterocycles. The summed E-state index contributed by atoms with van der Waals surface area (Å²) in [6, 6.07) is 0. The topological polar surface area (TPSA) is 58.6 Å². The molecule has 0 unspecified atom stereocenters. The Hall–Kier alpha value is -0.770. The van der Waals surface area contributed by atoms with E-state index in [0.29, 0.717) is 6.54 Å². The summed E-state index contributed by atoms with van der Waals surface area (Å²) in [7, 11) is 0. The van der Waals surface area contributed by atoms with Gasteiger partial charge in [-0.2, -0.15) is 0 Å². The van der Waals surface area contributed by atoms with Crippen LogP contribution in [0.4, 0.5) is 4.79 Å². The summed E-state index contributed by atoms with van der Waals surface area (Å²) in [5, 5.41) is 12.0. The highest BCUT2D eigenvalue weighted by Gasteiger charge is 2.24. The van der Waals surface area contributed by atoms with Crippen molar-refractivity contribution in [1.29, 1.82) is 0 Å².